The first-order valence-electron chi connectivity index (χ1n) is 25.1. The number of nitrogens with two attached hydrogens (primary N) is 1. The topological polar surface area (TPSA) is 448 Å². The van der Waals surface area contributed by atoms with E-state index in [4.69, 9.17) is 19.9 Å². The van der Waals surface area contributed by atoms with Crippen molar-refractivity contribution >= 4 is 59.8 Å². The number of phenolic OH excluding ortho intramolecular Hbond substituents is 1. The van der Waals surface area contributed by atoms with Crippen molar-refractivity contribution in [2.75, 3.05) is 26.2 Å². The first-order chi connectivity index (χ1) is 38.0. The highest BCUT2D eigenvalue weighted by atomic mass is 32.2. The van der Waals surface area contributed by atoms with Gasteiger partial charge in [-0.1, -0.05) is 70.9 Å². The van der Waals surface area contributed by atoms with Crippen LogP contribution in [0.4, 0.5) is 4.79 Å². The van der Waals surface area contributed by atoms with Crippen molar-refractivity contribution in [1.29, 1.82) is 0 Å². The number of hydrogen-bond acceptors (Lipinski definition) is 22. The number of benzene rings is 3. The molecule has 3 aromatic rings. The van der Waals surface area contributed by atoms with Gasteiger partial charge in [0, 0.05) is 44.3 Å². The Labute approximate surface area is 459 Å². The lowest BCUT2D eigenvalue weighted by Crippen LogP contribution is -2.64. The SMILES string of the molecule is CC(O)C1NC(=O)[C@@H](NC(=O)OCC2c3ccccc3-c3ccccc32)CC(O)CNC(=O)C2C(O)C(C)CN2C(=O)C(C(O)CC(N)=O)NC(=O)C(C(O)C(O)c2ccc(O)c(OSOOO)c2)NC(=O)C2CC(O)CN2C1=O. The summed E-state index contributed by atoms with van der Waals surface area (Å²) in [4.78, 5) is 114. The van der Waals surface area contributed by atoms with Crippen LogP contribution in [0.15, 0.2) is 66.7 Å². The van der Waals surface area contributed by atoms with E-state index >= 15 is 0 Å². The van der Waals surface area contributed by atoms with Crippen molar-refractivity contribution in [2.45, 2.75) is 118 Å². The van der Waals surface area contributed by atoms with Crippen LogP contribution in [0, 0.1) is 5.92 Å². The van der Waals surface area contributed by atoms with Gasteiger partial charge in [0.2, 0.25) is 41.4 Å². The molecule has 7 rings (SSSR count). The van der Waals surface area contributed by atoms with Gasteiger partial charge in [0.1, 0.15) is 55.1 Å². The second-order valence-electron chi connectivity index (χ2n) is 19.9. The van der Waals surface area contributed by atoms with Crippen LogP contribution >= 0.6 is 12.3 Å². The van der Waals surface area contributed by atoms with Gasteiger partial charge in [0.25, 0.3) is 12.3 Å². The Morgan fingerprint density at radius 2 is 1.41 bits per heavy atom. The number of carbonyl (C=O) groups excluding carboxylic acids is 8. The first-order valence-corrected chi connectivity index (χ1v) is 25.8. The third-order valence-electron chi connectivity index (χ3n) is 14.3. The zero-order valence-corrected chi connectivity index (χ0v) is 43.6. The third-order valence-corrected chi connectivity index (χ3v) is 14.6. The number of phenols is 1. The number of hydrogen-bond donors (Lipinski definition) is 15. The van der Waals surface area contributed by atoms with Crippen molar-refractivity contribution < 1.29 is 103 Å². The van der Waals surface area contributed by atoms with E-state index in [9.17, 15) is 79.2 Å². The summed E-state index contributed by atoms with van der Waals surface area (Å²) in [7, 11) is 0. The van der Waals surface area contributed by atoms with E-state index in [-0.39, 0.29) is 24.5 Å². The molecule has 3 saturated heterocycles. The molecule has 8 amide bonds. The highest BCUT2D eigenvalue weighted by molar-refractivity contribution is 7.90. The Morgan fingerprint density at radius 3 is 2.05 bits per heavy atom. The van der Waals surface area contributed by atoms with Crippen LogP contribution in [-0.2, 0) is 47.7 Å². The fourth-order valence-corrected chi connectivity index (χ4v) is 10.5. The summed E-state index contributed by atoms with van der Waals surface area (Å²) in [6.07, 6.45) is -17.3. The van der Waals surface area contributed by atoms with Crippen molar-refractivity contribution in [1.82, 2.24) is 36.4 Å². The van der Waals surface area contributed by atoms with Crippen LogP contribution in [0.25, 0.3) is 11.1 Å². The molecule has 3 heterocycles. The average Bonchev–Trinajstić information content (AvgIpc) is 4.08. The number of nitrogens with one attached hydrogen (secondary N) is 5. The Kier molecular flexibility index (Phi) is 19.9. The number of nitrogens with zero attached hydrogens (tertiary/aromatic N) is 2. The maximum absolute atomic E-state index is 14.6. The van der Waals surface area contributed by atoms with Crippen LogP contribution in [0.5, 0.6) is 11.5 Å². The Hall–Kier alpha value is -7.23. The molecular formula is C50H62N8O21S. The van der Waals surface area contributed by atoms with Gasteiger partial charge in [-0.2, -0.15) is 0 Å². The molecule has 30 heteroatoms. The quantitative estimate of drug-likeness (QED) is 0.0318. The van der Waals surface area contributed by atoms with Crippen LogP contribution in [0.3, 0.4) is 0 Å². The lowest BCUT2D eigenvalue weighted by atomic mass is 9.96. The van der Waals surface area contributed by atoms with Gasteiger partial charge in [-0.05, 0) is 46.9 Å². The molecule has 13 unspecified atom stereocenters. The molecule has 4 aliphatic rings. The number of ether oxygens (including phenoxy) is 1. The predicted octanol–water partition coefficient (Wildman–Crippen LogP) is -3.82. The second-order valence-corrected chi connectivity index (χ2v) is 20.3. The van der Waals surface area contributed by atoms with Gasteiger partial charge in [-0.3, -0.25) is 33.6 Å². The van der Waals surface area contributed by atoms with E-state index in [0.717, 1.165) is 57.2 Å². The summed E-state index contributed by atoms with van der Waals surface area (Å²) in [6.45, 7) is 0.462. The fraction of sp³-hybridized carbons (Fsp3) is 0.480. The molecule has 0 saturated carbocycles. The number of amides is 8. The number of primary amides is 1. The number of β-amino-alcohol motifs (C(OH)–C–C–N with tert-alkyl or cyclic N) is 1. The molecule has 0 spiro atoms. The third kappa shape index (κ3) is 13.7. The molecule has 3 fully saturated rings. The molecule has 3 aromatic carbocycles. The number of aliphatic hydroxyl groups excluding tert-OH is 7. The minimum Gasteiger partial charge on any atom is -0.504 e. The van der Waals surface area contributed by atoms with E-state index in [2.05, 4.69) is 36.0 Å². The summed E-state index contributed by atoms with van der Waals surface area (Å²) in [5, 5.41) is 113. The fourth-order valence-electron chi connectivity index (χ4n) is 10.2. The van der Waals surface area contributed by atoms with Crippen LogP contribution in [-0.4, -0.2) is 202 Å². The number of fused-ring (bicyclic) bond motifs is 5. The molecule has 14 atom stereocenters. The van der Waals surface area contributed by atoms with E-state index in [1.54, 1.807) is 0 Å². The minimum absolute atomic E-state index is 0.0223. The van der Waals surface area contributed by atoms with Gasteiger partial charge in [0.15, 0.2) is 11.5 Å². The lowest BCUT2D eigenvalue weighted by Gasteiger charge is -2.34. The molecule has 434 valence electrons. The van der Waals surface area contributed by atoms with E-state index in [1.165, 1.54) is 6.92 Å². The standard InChI is InChI=1S/C50H62N8O21S/c1-21-18-58-40(41(21)65)47(71)52-17-24(60)14-31(53-50(74)76-20-30-28-9-5-3-7-26(28)27-8-4-6-10-29(27)30)44(68)54-37(22(2)59)48(72)57-19-25(61)15-32(57)45(69)56-39(46(70)55-38(49(58)73)34(63)16-36(51)64)43(67)42(66)23-11-12-33(62)35(13-23)77-80-79-78-75/h3-13,21-22,24-25,30-32,34,37-43,59-63,65-67,75H,14-20H2,1-2H3,(H2,51,64)(H,52,71)(H,53,74)(H,54,68)(H,55,70)(H,56,69)/t21?,22?,24?,25?,31-,32?,34?,37?,38?,39?,40?,41?,42?,43?/m0/s1. The molecular weight excluding hydrogens is 1080 g/mol. The highest BCUT2D eigenvalue weighted by Gasteiger charge is 2.50. The lowest BCUT2D eigenvalue weighted by molar-refractivity contribution is -0.433. The van der Waals surface area contributed by atoms with E-state index in [0.29, 0.717) is 0 Å². The highest BCUT2D eigenvalue weighted by Crippen LogP contribution is 2.44. The average molecular weight is 1140 g/mol. The Balaban J connectivity index is 1.24. The van der Waals surface area contributed by atoms with Crippen LogP contribution < -0.4 is 36.5 Å². The van der Waals surface area contributed by atoms with Gasteiger partial charge in [0.05, 0.1) is 36.9 Å². The summed E-state index contributed by atoms with van der Waals surface area (Å²) >= 11 is -0.0223. The number of rotatable bonds is 14. The van der Waals surface area contributed by atoms with Gasteiger partial charge < -0.3 is 91.9 Å². The summed E-state index contributed by atoms with van der Waals surface area (Å²) in [5.74, 6) is -11.5. The number of aromatic hydroxyl groups is 1. The smallest absolute Gasteiger partial charge is 0.407 e. The monoisotopic (exact) mass is 1140 g/mol. The molecule has 16 N–H and O–H groups in total. The molecule has 0 radical (unpaired) electrons. The first kappa shape index (κ1) is 60.4. The molecule has 3 aliphatic heterocycles. The maximum Gasteiger partial charge on any atom is 0.407 e. The van der Waals surface area contributed by atoms with Crippen molar-refractivity contribution in [3.8, 4) is 22.6 Å². The summed E-state index contributed by atoms with van der Waals surface area (Å²) in [5.41, 5.74) is 8.55. The number of alkyl carbamates (subject to hydrolysis) is 1. The summed E-state index contributed by atoms with van der Waals surface area (Å²) in [6, 6.07) is 5.55. The Bertz CT molecular complexity index is 2750. The van der Waals surface area contributed by atoms with E-state index in [1.807, 2.05) is 48.5 Å². The van der Waals surface area contributed by atoms with Crippen LogP contribution in [0.1, 0.15) is 61.8 Å². The van der Waals surface area contributed by atoms with E-state index < -0.39 is 189 Å². The molecule has 1 aliphatic carbocycles. The second kappa shape index (κ2) is 26.4. The van der Waals surface area contributed by atoms with Crippen molar-refractivity contribution in [3.63, 3.8) is 0 Å². The largest absolute Gasteiger partial charge is 0.504 e. The summed E-state index contributed by atoms with van der Waals surface area (Å²) < 4.78 is 14.8. The minimum atomic E-state index is -2.52. The van der Waals surface area contributed by atoms with Crippen molar-refractivity contribution in [2.24, 2.45) is 11.7 Å². The van der Waals surface area contributed by atoms with Gasteiger partial charge in [-0.25, -0.2) is 10.1 Å². The molecule has 80 heavy (non-hydrogen) atoms. The molecule has 29 nitrogen and oxygen atoms in total. The van der Waals surface area contributed by atoms with Gasteiger partial charge in [-0.15, -0.1) is 0 Å². The molecule has 0 aromatic heterocycles. The maximum atomic E-state index is 14.6. The predicted molar refractivity (Wildman–Crippen MR) is 272 cm³/mol. The van der Waals surface area contributed by atoms with Crippen molar-refractivity contribution in [3.05, 3.63) is 83.4 Å². The number of aliphatic hydroxyl groups is 7. The van der Waals surface area contributed by atoms with Crippen LogP contribution in [0.2, 0.25) is 0 Å². The normalized spacial score (nSPS) is 27.6. The Morgan fingerprint density at radius 1 is 0.787 bits per heavy atom. The number of carbonyl (C=O) groups is 8. The zero-order chi connectivity index (χ0) is 58.3. The van der Waals surface area contributed by atoms with Gasteiger partial charge >= 0.3 is 6.09 Å². The zero-order valence-electron chi connectivity index (χ0n) is 42.8. The molecule has 0 bridgehead atoms.